The summed E-state index contributed by atoms with van der Waals surface area (Å²) >= 11 is 0. The maximum Gasteiger partial charge on any atom is 0.221 e. The Labute approximate surface area is 102 Å². The van der Waals surface area contributed by atoms with Crippen LogP contribution in [0.5, 0.6) is 0 Å². The lowest BCUT2D eigenvalue weighted by atomic mass is 10.2. The maximum atomic E-state index is 11.3. The number of rotatable bonds is 7. The van der Waals surface area contributed by atoms with E-state index in [1.54, 1.807) is 0 Å². The lowest BCUT2D eigenvalue weighted by Gasteiger charge is -2.05. The van der Waals surface area contributed by atoms with Crippen molar-refractivity contribution >= 4 is 5.91 Å². The van der Waals surface area contributed by atoms with E-state index in [4.69, 9.17) is 0 Å². The summed E-state index contributed by atoms with van der Waals surface area (Å²) in [6, 6.07) is 0. The van der Waals surface area contributed by atoms with Gasteiger partial charge in [0, 0.05) is 37.3 Å². The number of nitrogens with one attached hydrogen (secondary N) is 3. The highest BCUT2D eigenvalue weighted by Gasteiger charge is 2.05. The third-order valence-corrected chi connectivity index (χ3v) is 2.68. The molecule has 0 aliphatic carbocycles. The topological polar surface area (TPSA) is 69.8 Å². The van der Waals surface area contributed by atoms with E-state index >= 15 is 0 Å². The third-order valence-electron chi connectivity index (χ3n) is 2.68. The number of hydrogen-bond donors (Lipinski definition) is 3. The summed E-state index contributed by atoms with van der Waals surface area (Å²) in [6.45, 7) is 8.25. The van der Waals surface area contributed by atoms with Crippen LogP contribution in [-0.2, 0) is 11.3 Å². The van der Waals surface area contributed by atoms with Crippen LogP contribution in [0.15, 0.2) is 0 Å². The van der Waals surface area contributed by atoms with E-state index in [2.05, 4.69) is 20.8 Å². The van der Waals surface area contributed by atoms with Gasteiger partial charge >= 0.3 is 0 Å². The minimum atomic E-state index is 0.111. The molecule has 1 amide bonds. The van der Waals surface area contributed by atoms with Crippen molar-refractivity contribution in [3.05, 3.63) is 17.0 Å². The van der Waals surface area contributed by atoms with Crippen molar-refractivity contribution < 1.29 is 4.79 Å². The molecule has 0 unspecified atom stereocenters. The molecule has 3 N–H and O–H groups in total. The van der Waals surface area contributed by atoms with Gasteiger partial charge in [-0.3, -0.25) is 9.89 Å². The molecule has 96 valence electrons. The summed E-state index contributed by atoms with van der Waals surface area (Å²) in [6.07, 6.45) is 1.50. The van der Waals surface area contributed by atoms with Gasteiger partial charge in [-0.05, 0) is 20.3 Å². The van der Waals surface area contributed by atoms with Crippen molar-refractivity contribution in [1.82, 2.24) is 20.8 Å². The van der Waals surface area contributed by atoms with Gasteiger partial charge in [0.1, 0.15) is 0 Å². The first-order chi connectivity index (χ1) is 8.15. The lowest BCUT2D eigenvalue weighted by molar-refractivity contribution is -0.120. The van der Waals surface area contributed by atoms with Crippen LogP contribution in [0.1, 0.15) is 36.7 Å². The second kappa shape index (κ2) is 7.06. The average molecular weight is 238 g/mol. The molecule has 0 saturated carbocycles. The van der Waals surface area contributed by atoms with Crippen molar-refractivity contribution in [3.8, 4) is 0 Å². The molecule has 5 heteroatoms. The summed E-state index contributed by atoms with van der Waals surface area (Å²) in [5.41, 5.74) is 3.30. The standard InChI is InChI=1S/C12H22N4O/c1-4-6-14-12(17)5-7-13-8-11-9(2)15-16-10(11)3/h13H,4-8H2,1-3H3,(H,14,17)(H,15,16). The highest BCUT2D eigenvalue weighted by Crippen LogP contribution is 2.07. The molecule has 0 atom stereocenters. The van der Waals surface area contributed by atoms with Crippen LogP contribution < -0.4 is 10.6 Å². The molecule has 1 aromatic heterocycles. The molecule has 0 bridgehead atoms. The quantitative estimate of drug-likeness (QED) is 0.621. The zero-order chi connectivity index (χ0) is 12.7. The minimum absolute atomic E-state index is 0.111. The average Bonchev–Trinajstić information content (AvgIpc) is 2.62. The zero-order valence-corrected chi connectivity index (χ0v) is 10.9. The molecule has 0 radical (unpaired) electrons. The number of aryl methyl sites for hydroxylation is 2. The first kappa shape index (κ1) is 13.7. The zero-order valence-electron chi connectivity index (χ0n) is 10.9. The van der Waals surface area contributed by atoms with E-state index < -0.39 is 0 Å². The Morgan fingerprint density at radius 1 is 1.35 bits per heavy atom. The van der Waals surface area contributed by atoms with Gasteiger partial charge in [0.05, 0.1) is 5.69 Å². The fraction of sp³-hybridized carbons (Fsp3) is 0.667. The molecule has 0 aromatic carbocycles. The molecule has 17 heavy (non-hydrogen) atoms. The second-order valence-electron chi connectivity index (χ2n) is 4.19. The lowest BCUT2D eigenvalue weighted by Crippen LogP contribution is -2.28. The molecule has 1 aromatic rings. The summed E-state index contributed by atoms with van der Waals surface area (Å²) in [5, 5.41) is 13.2. The number of carbonyl (C=O) groups excluding carboxylic acids is 1. The predicted molar refractivity (Wildman–Crippen MR) is 67.7 cm³/mol. The van der Waals surface area contributed by atoms with Crippen molar-refractivity contribution in [2.24, 2.45) is 0 Å². The van der Waals surface area contributed by atoms with Crippen molar-refractivity contribution in [1.29, 1.82) is 0 Å². The van der Waals surface area contributed by atoms with Gasteiger partial charge in [0.25, 0.3) is 0 Å². The Kier molecular flexibility index (Phi) is 5.69. The SMILES string of the molecule is CCCNC(=O)CCNCc1c(C)n[nH]c1C. The van der Waals surface area contributed by atoms with Crippen LogP contribution in [0.25, 0.3) is 0 Å². The van der Waals surface area contributed by atoms with Crippen LogP contribution >= 0.6 is 0 Å². The van der Waals surface area contributed by atoms with Crippen LogP contribution in [0.4, 0.5) is 0 Å². The van der Waals surface area contributed by atoms with E-state index in [1.807, 2.05) is 20.8 Å². The Balaban J connectivity index is 2.18. The Morgan fingerprint density at radius 3 is 2.71 bits per heavy atom. The Morgan fingerprint density at radius 2 is 2.12 bits per heavy atom. The minimum Gasteiger partial charge on any atom is -0.356 e. The van der Waals surface area contributed by atoms with E-state index in [0.717, 1.165) is 30.9 Å². The van der Waals surface area contributed by atoms with E-state index in [0.29, 0.717) is 13.0 Å². The van der Waals surface area contributed by atoms with Crippen LogP contribution in [0.3, 0.4) is 0 Å². The van der Waals surface area contributed by atoms with Gasteiger partial charge in [-0.2, -0.15) is 5.10 Å². The fourth-order valence-electron chi connectivity index (χ4n) is 1.60. The number of aromatic amines is 1. The number of aromatic nitrogens is 2. The summed E-state index contributed by atoms with van der Waals surface area (Å²) in [5.74, 6) is 0.111. The molecule has 5 nitrogen and oxygen atoms in total. The van der Waals surface area contributed by atoms with Crippen molar-refractivity contribution in [2.45, 2.75) is 40.2 Å². The number of amides is 1. The molecule has 1 rings (SSSR count). The van der Waals surface area contributed by atoms with Gasteiger partial charge in [0.15, 0.2) is 0 Å². The van der Waals surface area contributed by atoms with Gasteiger partial charge in [0.2, 0.25) is 5.91 Å². The number of H-pyrrole nitrogens is 1. The summed E-state index contributed by atoms with van der Waals surface area (Å²) < 4.78 is 0. The molecule has 0 fully saturated rings. The molecule has 0 aliphatic rings. The number of carbonyl (C=O) groups is 1. The summed E-state index contributed by atoms with van der Waals surface area (Å²) in [7, 11) is 0. The molecule has 0 spiro atoms. The molecule has 1 heterocycles. The van der Waals surface area contributed by atoms with Gasteiger partial charge in [-0.25, -0.2) is 0 Å². The van der Waals surface area contributed by atoms with Gasteiger partial charge in [-0.15, -0.1) is 0 Å². The third kappa shape index (κ3) is 4.56. The number of nitrogens with zero attached hydrogens (tertiary/aromatic N) is 1. The first-order valence-corrected chi connectivity index (χ1v) is 6.13. The Hall–Kier alpha value is -1.36. The second-order valence-corrected chi connectivity index (χ2v) is 4.19. The monoisotopic (exact) mass is 238 g/mol. The Bertz CT molecular complexity index is 340. The van der Waals surface area contributed by atoms with E-state index in [-0.39, 0.29) is 5.91 Å². The first-order valence-electron chi connectivity index (χ1n) is 6.13. The van der Waals surface area contributed by atoms with E-state index in [1.165, 1.54) is 5.56 Å². The number of hydrogen-bond acceptors (Lipinski definition) is 3. The van der Waals surface area contributed by atoms with Crippen LogP contribution in [0, 0.1) is 13.8 Å². The van der Waals surface area contributed by atoms with Gasteiger partial charge in [-0.1, -0.05) is 6.92 Å². The molecular weight excluding hydrogens is 216 g/mol. The van der Waals surface area contributed by atoms with Crippen LogP contribution in [0.2, 0.25) is 0 Å². The molecule has 0 aliphatic heterocycles. The highest BCUT2D eigenvalue weighted by molar-refractivity contribution is 5.75. The molecule has 0 saturated heterocycles. The normalized spacial score (nSPS) is 10.5. The molecular formula is C12H22N4O. The fourth-order valence-corrected chi connectivity index (χ4v) is 1.60. The maximum absolute atomic E-state index is 11.3. The summed E-state index contributed by atoms with van der Waals surface area (Å²) in [4.78, 5) is 11.3. The van der Waals surface area contributed by atoms with Crippen molar-refractivity contribution in [3.63, 3.8) is 0 Å². The predicted octanol–water partition coefficient (Wildman–Crippen LogP) is 1.03. The largest absolute Gasteiger partial charge is 0.356 e. The van der Waals surface area contributed by atoms with Gasteiger partial charge < -0.3 is 10.6 Å². The van der Waals surface area contributed by atoms with E-state index in [9.17, 15) is 4.79 Å². The smallest absolute Gasteiger partial charge is 0.221 e. The highest BCUT2D eigenvalue weighted by atomic mass is 16.1. The van der Waals surface area contributed by atoms with Crippen LogP contribution in [-0.4, -0.2) is 29.2 Å². The van der Waals surface area contributed by atoms with Crippen molar-refractivity contribution in [2.75, 3.05) is 13.1 Å².